The van der Waals surface area contributed by atoms with Gasteiger partial charge in [-0.25, -0.2) is 9.67 Å². The van der Waals surface area contributed by atoms with Gasteiger partial charge in [0.05, 0.1) is 10.9 Å². The van der Waals surface area contributed by atoms with Crippen LogP contribution in [0.25, 0.3) is 16.5 Å². The van der Waals surface area contributed by atoms with E-state index in [1.54, 1.807) is 11.0 Å². The fourth-order valence-corrected chi connectivity index (χ4v) is 3.51. The second-order valence-electron chi connectivity index (χ2n) is 6.08. The molecular weight excluding hydrogens is 356 g/mol. The van der Waals surface area contributed by atoms with E-state index in [0.717, 1.165) is 22.1 Å². The summed E-state index contributed by atoms with van der Waals surface area (Å²) in [7, 11) is 0. The number of anilines is 1. The first-order valence-electron chi connectivity index (χ1n) is 8.63. The molecule has 0 fully saturated rings. The zero-order valence-electron chi connectivity index (χ0n) is 14.7. The van der Waals surface area contributed by atoms with Crippen LogP contribution in [0.3, 0.4) is 0 Å². The van der Waals surface area contributed by atoms with Crippen LogP contribution in [0.5, 0.6) is 0 Å². The average molecular weight is 374 g/mol. The highest BCUT2D eigenvalue weighted by molar-refractivity contribution is 8.00. The molecule has 0 spiro atoms. The van der Waals surface area contributed by atoms with Crippen molar-refractivity contribution >= 4 is 34.1 Å². The average Bonchev–Trinajstić information content (AvgIpc) is 3.17. The standard InChI is InChI=1S/C21H18N4OS/c1-15(27-21-22-14-25(24-21)17-10-3-2-4-11-17)20(26)23-19-13-7-9-16-8-5-6-12-18(16)19/h2-15H,1H3,(H,23,26)/t15-/m1/s1. The summed E-state index contributed by atoms with van der Waals surface area (Å²) in [5, 5.41) is 9.84. The Morgan fingerprint density at radius 1 is 1.00 bits per heavy atom. The van der Waals surface area contributed by atoms with Crippen molar-refractivity contribution in [3.63, 3.8) is 0 Å². The quantitative estimate of drug-likeness (QED) is 0.521. The number of fused-ring (bicyclic) bond motifs is 1. The molecule has 3 aromatic carbocycles. The van der Waals surface area contributed by atoms with E-state index in [1.807, 2.05) is 79.7 Å². The van der Waals surface area contributed by atoms with E-state index in [9.17, 15) is 4.79 Å². The molecule has 1 amide bonds. The molecule has 5 nitrogen and oxygen atoms in total. The molecular formula is C21H18N4OS. The lowest BCUT2D eigenvalue weighted by Crippen LogP contribution is -2.22. The lowest BCUT2D eigenvalue weighted by molar-refractivity contribution is -0.115. The number of carbonyl (C=O) groups is 1. The predicted octanol–water partition coefficient (Wildman–Crippen LogP) is 4.54. The van der Waals surface area contributed by atoms with Gasteiger partial charge in [-0.1, -0.05) is 66.4 Å². The van der Waals surface area contributed by atoms with Gasteiger partial charge in [-0.15, -0.1) is 5.10 Å². The lowest BCUT2D eigenvalue weighted by Gasteiger charge is -2.12. The fraction of sp³-hybridized carbons (Fsp3) is 0.0952. The van der Waals surface area contributed by atoms with Crippen LogP contribution in [0.1, 0.15) is 6.92 Å². The van der Waals surface area contributed by atoms with E-state index >= 15 is 0 Å². The van der Waals surface area contributed by atoms with Crippen LogP contribution in [-0.2, 0) is 4.79 Å². The molecule has 1 N–H and O–H groups in total. The molecule has 0 saturated carbocycles. The van der Waals surface area contributed by atoms with Crippen molar-refractivity contribution in [2.24, 2.45) is 0 Å². The summed E-state index contributed by atoms with van der Waals surface area (Å²) in [4.78, 5) is 16.9. The highest BCUT2D eigenvalue weighted by Gasteiger charge is 2.18. The summed E-state index contributed by atoms with van der Waals surface area (Å²) in [5.41, 5.74) is 1.75. The van der Waals surface area contributed by atoms with Gasteiger partial charge in [0.15, 0.2) is 0 Å². The summed E-state index contributed by atoms with van der Waals surface area (Å²) in [6.07, 6.45) is 1.66. The van der Waals surface area contributed by atoms with Crippen LogP contribution in [0.2, 0.25) is 0 Å². The van der Waals surface area contributed by atoms with Crippen LogP contribution < -0.4 is 5.32 Å². The molecule has 1 atom stereocenters. The van der Waals surface area contributed by atoms with Crippen LogP contribution in [0.4, 0.5) is 5.69 Å². The topological polar surface area (TPSA) is 59.8 Å². The number of hydrogen-bond acceptors (Lipinski definition) is 4. The highest BCUT2D eigenvalue weighted by Crippen LogP contribution is 2.25. The van der Waals surface area contributed by atoms with Gasteiger partial charge in [-0.2, -0.15) is 0 Å². The number of rotatable bonds is 5. The second kappa shape index (κ2) is 7.63. The lowest BCUT2D eigenvalue weighted by atomic mass is 10.1. The van der Waals surface area contributed by atoms with Crippen molar-refractivity contribution in [3.8, 4) is 5.69 Å². The SMILES string of the molecule is C[C@@H](Sc1ncn(-c2ccccc2)n1)C(=O)Nc1cccc2ccccc12. The van der Waals surface area contributed by atoms with Crippen molar-refractivity contribution < 1.29 is 4.79 Å². The van der Waals surface area contributed by atoms with Gasteiger partial charge < -0.3 is 5.32 Å². The van der Waals surface area contributed by atoms with Crippen LogP contribution in [-0.4, -0.2) is 25.9 Å². The van der Waals surface area contributed by atoms with Crippen molar-refractivity contribution in [1.82, 2.24) is 14.8 Å². The zero-order valence-corrected chi connectivity index (χ0v) is 15.6. The minimum atomic E-state index is -0.324. The largest absolute Gasteiger partial charge is 0.325 e. The molecule has 0 saturated heterocycles. The van der Waals surface area contributed by atoms with Gasteiger partial charge in [0.1, 0.15) is 6.33 Å². The first kappa shape index (κ1) is 17.3. The summed E-state index contributed by atoms with van der Waals surface area (Å²) < 4.78 is 1.71. The Bertz CT molecular complexity index is 1070. The third kappa shape index (κ3) is 3.85. The maximum atomic E-state index is 12.6. The first-order chi connectivity index (χ1) is 13.2. The van der Waals surface area contributed by atoms with E-state index in [-0.39, 0.29) is 11.2 Å². The number of benzene rings is 3. The van der Waals surface area contributed by atoms with Gasteiger partial charge in [-0.05, 0) is 30.5 Å². The Balaban J connectivity index is 1.46. The van der Waals surface area contributed by atoms with Crippen molar-refractivity contribution in [1.29, 1.82) is 0 Å². The number of nitrogens with one attached hydrogen (secondary N) is 1. The van der Waals surface area contributed by atoms with Crippen LogP contribution >= 0.6 is 11.8 Å². The number of para-hydroxylation sites is 1. The molecule has 134 valence electrons. The monoisotopic (exact) mass is 374 g/mol. The number of carbonyl (C=O) groups excluding carboxylic acids is 1. The first-order valence-corrected chi connectivity index (χ1v) is 9.51. The molecule has 0 aliphatic carbocycles. The summed E-state index contributed by atoms with van der Waals surface area (Å²) in [6.45, 7) is 1.86. The Labute approximate surface area is 161 Å². The summed E-state index contributed by atoms with van der Waals surface area (Å²) in [5.74, 6) is -0.0765. The molecule has 27 heavy (non-hydrogen) atoms. The molecule has 6 heteroatoms. The Morgan fingerprint density at radius 2 is 1.74 bits per heavy atom. The molecule has 0 radical (unpaired) electrons. The van der Waals surface area contributed by atoms with Gasteiger partial charge in [0.2, 0.25) is 11.1 Å². The van der Waals surface area contributed by atoms with E-state index in [2.05, 4.69) is 15.4 Å². The molecule has 0 aliphatic heterocycles. The molecule has 4 aromatic rings. The minimum Gasteiger partial charge on any atom is -0.325 e. The van der Waals surface area contributed by atoms with E-state index in [4.69, 9.17) is 0 Å². The molecule has 0 aliphatic rings. The number of hydrogen-bond donors (Lipinski definition) is 1. The van der Waals surface area contributed by atoms with E-state index < -0.39 is 0 Å². The molecule has 4 rings (SSSR count). The van der Waals surface area contributed by atoms with Gasteiger partial charge in [0.25, 0.3) is 0 Å². The molecule has 0 unspecified atom stereocenters. The summed E-state index contributed by atoms with van der Waals surface area (Å²) in [6, 6.07) is 23.7. The zero-order chi connectivity index (χ0) is 18.6. The number of thioether (sulfide) groups is 1. The highest BCUT2D eigenvalue weighted by atomic mass is 32.2. The molecule has 1 aromatic heterocycles. The summed E-state index contributed by atoms with van der Waals surface area (Å²) >= 11 is 1.34. The van der Waals surface area contributed by atoms with Gasteiger partial charge >= 0.3 is 0 Å². The van der Waals surface area contributed by atoms with Gasteiger partial charge in [-0.3, -0.25) is 4.79 Å². The second-order valence-corrected chi connectivity index (χ2v) is 7.39. The van der Waals surface area contributed by atoms with Crippen LogP contribution in [0.15, 0.2) is 84.3 Å². The van der Waals surface area contributed by atoms with Crippen molar-refractivity contribution in [2.45, 2.75) is 17.3 Å². The minimum absolute atomic E-state index is 0.0765. The van der Waals surface area contributed by atoms with Crippen molar-refractivity contribution in [2.75, 3.05) is 5.32 Å². The fourth-order valence-electron chi connectivity index (χ4n) is 2.79. The molecule has 1 heterocycles. The van der Waals surface area contributed by atoms with E-state index in [0.29, 0.717) is 5.16 Å². The number of aromatic nitrogens is 3. The van der Waals surface area contributed by atoms with E-state index in [1.165, 1.54) is 11.8 Å². The normalized spacial score (nSPS) is 12.0. The number of nitrogens with zero attached hydrogens (tertiary/aromatic N) is 3. The molecule has 0 bridgehead atoms. The van der Waals surface area contributed by atoms with Crippen molar-refractivity contribution in [3.05, 3.63) is 79.1 Å². The maximum absolute atomic E-state index is 12.6. The Morgan fingerprint density at radius 3 is 2.59 bits per heavy atom. The maximum Gasteiger partial charge on any atom is 0.237 e. The predicted molar refractivity (Wildman–Crippen MR) is 109 cm³/mol. The Hall–Kier alpha value is -3.12. The number of amides is 1. The van der Waals surface area contributed by atoms with Gasteiger partial charge in [0, 0.05) is 11.1 Å². The third-order valence-corrected chi connectivity index (χ3v) is 5.16. The Kier molecular flexibility index (Phi) is 4.89. The van der Waals surface area contributed by atoms with Crippen LogP contribution in [0, 0.1) is 0 Å². The third-order valence-electron chi connectivity index (χ3n) is 4.19. The smallest absolute Gasteiger partial charge is 0.237 e.